The number of benzene rings is 2. The Kier molecular flexibility index (Phi) is 8.40. The molecule has 206 valence electrons. The number of ether oxygens (including phenoxy) is 1. The Hall–Kier alpha value is -3.14. The molecule has 39 heavy (non-hydrogen) atoms. The molecule has 2 aromatic heterocycles. The van der Waals surface area contributed by atoms with Crippen LogP contribution in [0.5, 0.6) is 5.88 Å². The minimum absolute atomic E-state index is 0.0392. The van der Waals surface area contributed by atoms with Crippen LogP contribution in [0.2, 0.25) is 5.02 Å². The van der Waals surface area contributed by atoms with Crippen LogP contribution >= 0.6 is 23.1 Å². The zero-order valence-electron chi connectivity index (χ0n) is 22.2. The summed E-state index contributed by atoms with van der Waals surface area (Å²) in [5, 5.41) is 13.0. The Morgan fingerprint density at radius 3 is 2.64 bits per heavy atom. The van der Waals surface area contributed by atoms with E-state index in [0.717, 1.165) is 55.9 Å². The van der Waals surface area contributed by atoms with Crippen LogP contribution in [0.25, 0.3) is 21.0 Å². The van der Waals surface area contributed by atoms with Gasteiger partial charge in [-0.3, -0.25) is 19.1 Å². The smallest absolute Gasteiger partial charge is 0.306 e. The van der Waals surface area contributed by atoms with E-state index in [1.165, 1.54) is 14.7 Å². The molecule has 10 heteroatoms. The van der Waals surface area contributed by atoms with E-state index in [1.807, 2.05) is 26.0 Å². The highest BCUT2D eigenvalue weighted by Crippen LogP contribution is 2.32. The van der Waals surface area contributed by atoms with Gasteiger partial charge in [-0.05, 0) is 53.7 Å². The van der Waals surface area contributed by atoms with Gasteiger partial charge in [-0.25, -0.2) is 0 Å². The van der Waals surface area contributed by atoms with Crippen LogP contribution in [0, 0.1) is 5.92 Å². The second-order valence-electron chi connectivity index (χ2n) is 10.4. The molecule has 3 heterocycles. The predicted molar refractivity (Wildman–Crippen MR) is 156 cm³/mol. The van der Waals surface area contributed by atoms with Gasteiger partial charge >= 0.3 is 5.97 Å². The van der Waals surface area contributed by atoms with Crippen LogP contribution in [0.3, 0.4) is 0 Å². The molecule has 4 aromatic rings. The lowest BCUT2D eigenvalue weighted by Gasteiger charge is -2.35. The number of halogens is 1. The molecule has 0 bridgehead atoms. The summed E-state index contributed by atoms with van der Waals surface area (Å²) < 4.78 is 12.3. The molecule has 0 unspecified atom stereocenters. The first-order chi connectivity index (χ1) is 18.8. The van der Waals surface area contributed by atoms with Crippen LogP contribution in [0.15, 0.2) is 42.5 Å². The number of hydrogen-bond acceptors (Lipinski definition) is 8. The third-order valence-electron chi connectivity index (χ3n) is 7.05. The Balaban J connectivity index is 1.18. The first kappa shape index (κ1) is 27.4. The van der Waals surface area contributed by atoms with Crippen LogP contribution in [-0.2, 0) is 16.0 Å². The summed E-state index contributed by atoms with van der Waals surface area (Å²) in [5.41, 5.74) is 1.50. The van der Waals surface area contributed by atoms with Crippen LogP contribution in [0.4, 0.5) is 5.82 Å². The number of fused-ring (bicyclic) bond motifs is 2. The van der Waals surface area contributed by atoms with E-state index < -0.39 is 5.97 Å². The number of piperazine rings is 1. The van der Waals surface area contributed by atoms with Gasteiger partial charge in [-0.2, -0.15) is 4.37 Å². The Morgan fingerprint density at radius 1 is 1.10 bits per heavy atom. The molecule has 0 radical (unpaired) electrons. The zero-order chi connectivity index (χ0) is 27.5. The molecule has 2 aromatic carbocycles. The van der Waals surface area contributed by atoms with E-state index in [0.29, 0.717) is 17.1 Å². The van der Waals surface area contributed by atoms with Crippen LogP contribution in [0.1, 0.15) is 37.0 Å². The third-order valence-corrected chi connectivity index (χ3v) is 8.22. The lowest BCUT2D eigenvalue weighted by Crippen LogP contribution is -2.47. The monoisotopic (exact) mass is 568 g/mol. The molecular formula is C29H33ClN4O4S. The molecule has 8 nitrogen and oxygen atoms in total. The largest absolute Gasteiger partial charge is 0.494 e. The number of anilines is 1. The maximum Gasteiger partial charge on any atom is 0.306 e. The van der Waals surface area contributed by atoms with Crippen molar-refractivity contribution in [1.82, 2.24) is 13.8 Å². The summed E-state index contributed by atoms with van der Waals surface area (Å²) in [7, 11) is 0. The normalized spacial score (nSPS) is 14.5. The van der Waals surface area contributed by atoms with Gasteiger partial charge in [-0.15, -0.1) is 0 Å². The van der Waals surface area contributed by atoms with Crippen molar-refractivity contribution >= 4 is 61.8 Å². The molecule has 1 aliphatic rings. The maximum atomic E-state index is 12.8. The highest BCUT2D eigenvalue weighted by atomic mass is 35.5. The lowest BCUT2D eigenvalue weighted by molar-refractivity contribution is -0.144. The highest BCUT2D eigenvalue weighted by Gasteiger charge is 2.22. The van der Waals surface area contributed by atoms with Crippen molar-refractivity contribution in [2.75, 3.05) is 44.2 Å². The molecule has 0 amide bonds. The highest BCUT2D eigenvalue weighted by molar-refractivity contribution is 7.13. The first-order valence-electron chi connectivity index (χ1n) is 13.3. The topological polar surface area (TPSA) is 87.9 Å². The number of aromatic nitrogens is 2. The van der Waals surface area contributed by atoms with Crippen molar-refractivity contribution < 1.29 is 19.4 Å². The van der Waals surface area contributed by atoms with E-state index in [2.05, 4.69) is 28.0 Å². The van der Waals surface area contributed by atoms with Gasteiger partial charge in [0.15, 0.2) is 5.88 Å². The quantitative estimate of drug-likeness (QED) is 0.263. The molecule has 5 rings (SSSR count). The fourth-order valence-electron chi connectivity index (χ4n) is 4.93. The number of nitrogens with zero attached hydrogens (tertiary/aromatic N) is 4. The van der Waals surface area contributed by atoms with E-state index in [9.17, 15) is 14.7 Å². The average Bonchev–Trinajstić information content (AvgIpc) is 3.49. The van der Waals surface area contributed by atoms with Gasteiger partial charge < -0.3 is 14.7 Å². The SMILES string of the molecule is CC(C)COC(=O)CCC(=O)n1c(O)cc2cc(CCN3CCN(c4nsc5ccccc45)CC3)c(Cl)cc21. The third kappa shape index (κ3) is 6.21. The molecule has 0 atom stereocenters. The summed E-state index contributed by atoms with van der Waals surface area (Å²) in [6, 6.07) is 13.6. The van der Waals surface area contributed by atoms with Crippen molar-refractivity contribution in [3.63, 3.8) is 0 Å². The van der Waals surface area contributed by atoms with Crippen LogP contribution < -0.4 is 4.90 Å². The van der Waals surface area contributed by atoms with Crippen molar-refractivity contribution in [2.45, 2.75) is 33.1 Å². The zero-order valence-corrected chi connectivity index (χ0v) is 23.8. The summed E-state index contributed by atoms with van der Waals surface area (Å²) in [6.45, 7) is 8.81. The second-order valence-corrected chi connectivity index (χ2v) is 11.6. The number of esters is 1. The van der Waals surface area contributed by atoms with E-state index >= 15 is 0 Å². The molecule has 1 fully saturated rings. The summed E-state index contributed by atoms with van der Waals surface area (Å²) in [6.07, 6.45) is 0.661. The number of carbonyl (C=O) groups excluding carboxylic acids is 2. The minimum Gasteiger partial charge on any atom is -0.494 e. The molecule has 1 saturated heterocycles. The Morgan fingerprint density at radius 2 is 1.87 bits per heavy atom. The predicted octanol–water partition coefficient (Wildman–Crippen LogP) is 5.59. The van der Waals surface area contributed by atoms with Crippen molar-refractivity contribution in [3.05, 3.63) is 53.1 Å². The Labute approximate surface area is 236 Å². The van der Waals surface area contributed by atoms with E-state index in [4.69, 9.17) is 20.7 Å². The number of carbonyl (C=O) groups is 2. The van der Waals surface area contributed by atoms with Gasteiger partial charge in [0.05, 0.1) is 23.2 Å². The minimum atomic E-state index is -0.422. The lowest BCUT2D eigenvalue weighted by atomic mass is 10.1. The number of hydrogen-bond donors (Lipinski definition) is 1. The average molecular weight is 569 g/mol. The molecule has 1 aliphatic heterocycles. The van der Waals surface area contributed by atoms with Crippen molar-refractivity contribution in [1.29, 1.82) is 0 Å². The van der Waals surface area contributed by atoms with E-state index in [1.54, 1.807) is 23.7 Å². The van der Waals surface area contributed by atoms with Crippen molar-refractivity contribution in [2.24, 2.45) is 5.92 Å². The molecule has 1 N–H and O–H groups in total. The molecule has 0 saturated carbocycles. The second kappa shape index (κ2) is 11.9. The van der Waals surface area contributed by atoms with Gasteiger partial charge in [0.25, 0.3) is 0 Å². The summed E-state index contributed by atoms with van der Waals surface area (Å²) >= 11 is 8.19. The Bertz CT molecular complexity index is 1490. The van der Waals surface area contributed by atoms with Gasteiger partial charge in [-0.1, -0.05) is 37.6 Å². The van der Waals surface area contributed by atoms with Gasteiger partial charge in [0, 0.05) is 61.0 Å². The number of rotatable bonds is 9. The maximum absolute atomic E-state index is 12.8. The first-order valence-corrected chi connectivity index (χ1v) is 14.5. The number of aromatic hydroxyl groups is 1. The molecular weight excluding hydrogens is 536 g/mol. The fourth-order valence-corrected chi connectivity index (χ4v) is 5.98. The summed E-state index contributed by atoms with van der Waals surface area (Å²) in [4.78, 5) is 29.5. The van der Waals surface area contributed by atoms with Crippen molar-refractivity contribution in [3.8, 4) is 5.88 Å². The standard InChI is InChI=1S/C29H33ClN4O4S/c1-19(2)18-38-28(37)8-7-26(35)34-24-17-23(30)20(15-21(24)16-27(34)36)9-10-32-11-13-33(14-12-32)29-22-5-3-4-6-25(22)39-31-29/h3-6,15-17,19,36H,7-14,18H2,1-2H3. The van der Waals surface area contributed by atoms with Crippen LogP contribution in [-0.4, -0.2) is 70.2 Å². The van der Waals surface area contributed by atoms with E-state index in [-0.39, 0.29) is 30.5 Å². The van der Waals surface area contributed by atoms with Gasteiger partial charge in [0.1, 0.15) is 5.82 Å². The fraction of sp³-hybridized carbons (Fsp3) is 0.414. The summed E-state index contributed by atoms with van der Waals surface area (Å²) in [5.74, 6) is 0.347. The van der Waals surface area contributed by atoms with Gasteiger partial charge in [0.2, 0.25) is 5.91 Å². The molecule has 0 spiro atoms. The molecule has 0 aliphatic carbocycles.